The van der Waals surface area contributed by atoms with Crippen molar-refractivity contribution in [3.8, 4) is 5.75 Å². The lowest BCUT2D eigenvalue weighted by Crippen LogP contribution is -2.22. The van der Waals surface area contributed by atoms with E-state index in [2.05, 4.69) is 5.32 Å². The Morgan fingerprint density at radius 1 is 1.20 bits per heavy atom. The van der Waals surface area contributed by atoms with E-state index in [-0.39, 0.29) is 12.5 Å². The number of carbonyl (C=O) groups excluding carboxylic acids is 2. The van der Waals surface area contributed by atoms with Gasteiger partial charge in [-0.3, -0.25) is 4.79 Å². The largest absolute Gasteiger partial charge is 0.495 e. The van der Waals surface area contributed by atoms with Crippen LogP contribution in [0, 0.1) is 6.92 Å². The van der Waals surface area contributed by atoms with Crippen LogP contribution in [0.3, 0.4) is 0 Å². The third kappa shape index (κ3) is 3.36. The van der Waals surface area contributed by atoms with Gasteiger partial charge in [-0.1, -0.05) is 12.1 Å². The highest BCUT2D eigenvalue weighted by atomic mass is 32.1. The van der Waals surface area contributed by atoms with Crippen molar-refractivity contribution < 1.29 is 19.1 Å². The van der Waals surface area contributed by atoms with Gasteiger partial charge in [0.15, 0.2) is 0 Å². The van der Waals surface area contributed by atoms with E-state index in [0.29, 0.717) is 17.1 Å². The quantitative estimate of drug-likeness (QED) is 0.709. The number of nitrogens with zero attached hydrogens (tertiary/aromatic N) is 1. The summed E-state index contributed by atoms with van der Waals surface area (Å²) in [6.45, 7) is 1.99. The number of ether oxygens (including phenoxy) is 2. The zero-order valence-corrected chi connectivity index (χ0v) is 15.0. The molecule has 0 aliphatic carbocycles. The molecule has 0 bridgehead atoms. The van der Waals surface area contributed by atoms with Gasteiger partial charge >= 0.3 is 5.97 Å². The van der Waals surface area contributed by atoms with E-state index in [9.17, 15) is 9.59 Å². The number of fused-ring (bicyclic) bond motifs is 1. The lowest BCUT2D eigenvalue weighted by molar-refractivity contribution is -0.116. The molecule has 0 aliphatic rings. The number of esters is 1. The first-order chi connectivity index (χ1) is 12.0. The number of rotatable bonds is 5. The van der Waals surface area contributed by atoms with Crippen LogP contribution in [0.5, 0.6) is 5.75 Å². The van der Waals surface area contributed by atoms with Gasteiger partial charge in [-0.2, -0.15) is 0 Å². The minimum atomic E-state index is -0.467. The first kappa shape index (κ1) is 17.0. The molecule has 1 amide bonds. The van der Waals surface area contributed by atoms with Crippen LogP contribution >= 0.6 is 11.3 Å². The van der Waals surface area contributed by atoms with Crippen molar-refractivity contribution in [2.45, 2.75) is 13.5 Å². The zero-order chi connectivity index (χ0) is 18.0. The highest BCUT2D eigenvalue weighted by Gasteiger charge is 2.20. The van der Waals surface area contributed by atoms with Crippen LogP contribution in [0.4, 0.5) is 5.69 Å². The van der Waals surface area contributed by atoms with E-state index in [0.717, 1.165) is 15.1 Å². The summed E-state index contributed by atoms with van der Waals surface area (Å²) in [6, 6.07) is 10.9. The van der Waals surface area contributed by atoms with E-state index in [1.807, 2.05) is 25.1 Å². The predicted molar refractivity (Wildman–Crippen MR) is 97.5 cm³/mol. The highest BCUT2D eigenvalue weighted by molar-refractivity contribution is 7.19. The van der Waals surface area contributed by atoms with Crippen molar-refractivity contribution >= 4 is 39.1 Å². The summed E-state index contributed by atoms with van der Waals surface area (Å²) in [5, 5.41) is 2.82. The highest BCUT2D eigenvalue weighted by Crippen LogP contribution is 2.29. The Morgan fingerprint density at radius 2 is 1.96 bits per heavy atom. The van der Waals surface area contributed by atoms with Gasteiger partial charge in [-0.25, -0.2) is 4.79 Å². The Bertz CT molecular complexity index is 942. The molecule has 0 unspecified atom stereocenters. The number of nitrogens with one attached hydrogen (secondary N) is 1. The maximum absolute atomic E-state index is 12.5. The summed E-state index contributed by atoms with van der Waals surface area (Å²) in [5.41, 5.74) is 1.79. The Kier molecular flexibility index (Phi) is 4.76. The molecule has 2 heterocycles. The lowest BCUT2D eigenvalue weighted by Gasteiger charge is -2.12. The molecule has 130 valence electrons. The van der Waals surface area contributed by atoms with Crippen molar-refractivity contribution in [1.82, 2.24) is 4.57 Å². The molecule has 0 atom stereocenters. The Balaban J connectivity index is 1.91. The van der Waals surface area contributed by atoms with Crippen molar-refractivity contribution in [3.63, 3.8) is 0 Å². The summed E-state index contributed by atoms with van der Waals surface area (Å²) < 4.78 is 12.7. The number of hydrogen-bond donors (Lipinski definition) is 1. The van der Waals surface area contributed by atoms with E-state index in [1.54, 1.807) is 41.2 Å². The summed E-state index contributed by atoms with van der Waals surface area (Å²) in [5.74, 6) is -0.143. The Labute approximate surface area is 149 Å². The molecular weight excluding hydrogens is 340 g/mol. The van der Waals surface area contributed by atoms with E-state index >= 15 is 0 Å². The van der Waals surface area contributed by atoms with Gasteiger partial charge < -0.3 is 19.4 Å². The number of thiophene rings is 1. The van der Waals surface area contributed by atoms with Gasteiger partial charge in [0.05, 0.1) is 30.1 Å². The molecule has 6 nitrogen and oxygen atoms in total. The Morgan fingerprint density at radius 3 is 2.68 bits per heavy atom. The molecule has 1 aromatic carbocycles. The number of benzene rings is 1. The van der Waals surface area contributed by atoms with Crippen LogP contribution in [0.25, 0.3) is 10.2 Å². The first-order valence-corrected chi connectivity index (χ1v) is 8.46. The SMILES string of the molecule is COC(=O)c1cc2sc(C)cc2n1CC(=O)Nc1ccccc1OC. The fourth-order valence-corrected chi connectivity index (χ4v) is 3.65. The lowest BCUT2D eigenvalue weighted by atomic mass is 10.3. The average molecular weight is 358 g/mol. The van der Waals surface area contributed by atoms with Crippen LogP contribution in [0.2, 0.25) is 0 Å². The number of methoxy groups -OCH3 is 2. The fourth-order valence-electron chi connectivity index (χ4n) is 2.69. The van der Waals surface area contributed by atoms with Crippen LogP contribution < -0.4 is 10.1 Å². The average Bonchev–Trinajstić information content (AvgIpc) is 3.12. The van der Waals surface area contributed by atoms with Gasteiger partial charge in [0, 0.05) is 4.88 Å². The van der Waals surface area contributed by atoms with Gasteiger partial charge in [0.1, 0.15) is 18.0 Å². The fraction of sp³-hybridized carbons (Fsp3) is 0.222. The van der Waals surface area contributed by atoms with E-state index in [1.165, 1.54) is 7.11 Å². The van der Waals surface area contributed by atoms with Crippen molar-refractivity contribution in [3.05, 3.63) is 47.0 Å². The first-order valence-electron chi connectivity index (χ1n) is 7.64. The molecule has 2 aromatic heterocycles. The molecule has 1 N–H and O–H groups in total. The summed E-state index contributed by atoms with van der Waals surface area (Å²) in [7, 11) is 2.87. The predicted octanol–water partition coefficient (Wildman–Crippen LogP) is 3.45. The van der Waals surface area contributed by atoms with Crippen LogP contribution in [-0.4, -0.2) is 30.7 Å². The minimum absolute atomic E-state index is 0.00214. The van der Waals surface area contributed by atoms with Gasteiger partial charge in [0.25, 0.3) is 0 Å². The summed E-state index contributed by atoms with van der Waals surface area (Å²) in [6.07, 6.45) is 0. The van der Waals surface area contributed by atoms with Crippen LogP contribution in [-0.2, 0) is 16.1 Å². The van der Waals surface area contributed by atoms with Gasteiger partial charge in [-0.05, 0) is 31.2 Å². The molecule has 0 saturated heterocycles. The zero-order valence-electron chi connectivity index (χ0n) is 14.2. The molecule has 0 aliphatic heterocycles. The molecule has 3 rings (SSSR count). The third-order valence-electron chi connectivity index (χ3n) is 3.79. The number of aromatic nitrogens is 1. The second kappa shape index (κ2) is 6.98. The van der Waals surface area contributed by atoms with E-state index in [4.69, 9.17) is 9.47 Å². The van der Waals surface area contributed by atoms with Gasteiger partial charge in [-0.15, -0.1) is 11.3 Å². The number of anilines is 1. The molecule has 0 saturated carbocycles. The second-order valence-electron chi connectivity index (χ2n) is 5.46. The van der Waals surface area contributed by atoms with E-state index < -0.39 is 5.97 Å². The van der Waals surface area contributed by atoms with Crippen molar-refractivity contribution in [1.29, 1.82) is 0 Å². The molecule has 0 spiro atoms. The van der Waals surface area contributed by atoms with Gasteiger partial charge in [0.2, 0.25) is 5.91 Å². The summed E-state index contributed by atoms with van der Waals surface area (Å²) >= 11 is 1.57. The molecule has 0 fully saturated rings. The third-order valence-corrected chi connectivity index (χ3v) is 4.78. The van der Waals surface area contributed by atoms with Crippen molar-refractivity contribution in [2.24, 2.45) is 0 Å². The molecule has 7 heteroatoms. The molecule has 25 heavy (non-hydrogen) atoms. The molecule has 3 aromatic rings. The molecular formula is C18H18N2O4S. The maximum atomic E-state index is 12.5. The number of hydrogen-bond acceptors (Lipinski definition) is 5. The monoisotopic (exact) mass is 358 g/mol. The minimum Gasteiger partial charge on any atom is -0.495 e. The van der Waals surface area contributed by atoms with Crippen LogP contribution in [0.1, 0.15) is 15.4 Å². The summed E-state index contributed by atoms with van der Waals surface area (Å²) in [4.78, 5) is 25.7. The standard InChI is InChI=1S/C18H18N2O4S/c1-11-8-13-16(25-11)9-14(18(22)24-3)20(13)10-17(21)19-12-6-4-5-7-15(12)23-2/h4-9H,10H2,1-3H3,(H,19,21). The molecule has 0 radical (unpaired) electrons. The van der Waals surface area contributed by atoms with Crippen molar-refractivity contribution in [2.75, 3.05) is 19.5 Å². The normalized spacial score (nSPS) is 10.7. The second-order valence-corrected chi connectivity index (χ2v) is 6.75. The number of aryl methyl sites for hydroxylation is 1. The van der Waals surface area contributed by atoms with Crippen LogP contribution in [0.15, 0.2) is 36.4 Å². The number of para-hydroxylation sites is 2. The maximum Gasteiger partial charge on any atom is 0.354 e. The smallest absolute Gasteiger partial charge is 0.354 e. The topological polar surface area (TPSA) is 69.6 Å². The number of amides is 1. The number of carbonyl (C=O) groups is 2. The Hall–Kier alpha value is -2.80.